The molecule has 0 saturated carbocycles. The van der Waals surface area contributed by atoms with Crippen LogP contribution in [0.4, 0.5) is 0 Å². The van der Waals surface area contributed by atoms with Gasteiger partial charge in [-0.2, -0.15) is 0 Å². The summed E-state index contributed by atoms with van der Waals surface area (Å²) in [6.45, 7) is 7.97. The number of guanidine groups is 1. The third kappa shape index (κ3) is 6.49. The Kier molecular flexibility index (Phi) is 7.61. The molecule has 0 amide bonds. The van der Waals surface area contributed by atoms with Crippen LogP contribution in [0.15, 0.2) is 23.2 Å². The first-order chi connectivity index (χ1) is 10.1. The van der Waals surface area contributed by atoms with Crippen molar-refractivity contribution in [3.63, 3.8) is 0 Å². The largest absolute Gasteiger partial charge is 0.490 e. The number of aliphatic imine (C=N–C) groups is 1. The maximum atomic E-state index is 5.96. The Morgan fingerprint density at radius 3 is 2.86 bits per heavy atom. The first kappa shape index (κ1) is 17.3. The van der Waals surface area contributed by atoms with E-state index in [1.807, 2.05) is 12.1 Å². The van der Waals surface area contributed by atoms with Crippen LogP contribution in [0.2, 0.25) is 0 Å². The highest BCUT2D eigenvalue weighted by atomic mass is 16.5. The van der Waals surface area contributed by atoms with E-state index >= 15 is 0 Å². The fourth-order valence-electron chi connectivity index (χ4n) is 1.71. The number of nitrogens with zero attached hydrogens (tertiary/aromatic N) is 1. The fourth-order valence-corrected chi connectivity index (χ4v) is 1.71. The van der Waals surface area contributed by atoms with Crippen molar-refractivity contribution in [3.05, 3.63) is 29.3 Å². The standard InChI is InChI=1S/C16H27N3O2/c1-5-13(3)21-15-10-12(2)6-7-14(15)11-19-16(17)18-8-9-20-4/h6-7,10,13H,5,8-9,11H2,1-4H3,(H3,17,18,19). The van der Waals surface area contributed by atoms with Crippen LogP contribution in [-0.4, -0.2) is 32.3 Å². The van der Waals surface area contributed by atoms with Gasteiger partial charge in [-0.1, -0.05) is 19.1 Å². The maximum absolute atomic E-state index is 5.96. The predicted octanol–water partition coefficient (Wildman–Crippen LogP) is 2.22. The van der Waals surface area contributed by atoms with Gasteiger partial charge >= 0.3 is 0 Å². The van der Waals surface area contributed by atoms with Crippen molar-refractivity contribution < 1.29 is 9.47 Å². The highest BCUT2D eigenvalue weighted by molar-refractivity contribution is 5.77. The van der Waals surface area contributed by atoms with E-state index in [1.165, 1.54) is 5.56 Å². The van der Waals surface area contributed by atoms with E-state index in [1.54, 1.807) is 7.11 Å². The number of benzene rings is 1. The number of nitrogens with one attached hydrogen (secondary N) is 1. The molecule has 0 saturated heterocycles. The Morgan fingerprint density at radius 1 is 1.43 bits per heavy atom. The zero-order chi connectivity index (χ0) is 15.7. The molecule has 5 heteroatoms. The number of rotatable bonds is 8. The number of methoxy groups -OCH3 is 1. The number of hydrogen-bond donors (Lipinski definition) is 2. The summed E-state index contributed by atoms with van der Waals surface area (Å²) in [5.41, 5.74) is 8.02. The SMILES string of the molecule is CCC(C)Oc1cc(C)ccc1CN=C(N)NCCOC. The van der Waals surface area contributed by atoms with Gasteiger partial charge in [-0.3, -0.25) is 0 Å². The maximum Gasteiger partial charge on any atom is 0.189 e. The van der Waals surface area contributed by atoms with Crippen molar-refractivity contribution in [2.75, 3.05) is 20.3 Å². The summed E-state index contributed by atoms with van der Waals surface area (Å²) < 4.78 is 10.9. The lowest BCUT2D eigenvalue weighted by atomic mass is 10.1. The van der Waals surface area contributed by atoms with Gasteiger partial charge in [0.15, 0.2) is 5.96 Å². The molecular weight excluding hydrogens is 266 g/mol. The van der Waals surface area contributed by atoms with Crippen LogP contribution >= 0.6 is 0 Å². The summed E-state index contributed by atoms with van der Waals surface area (Å²) in [5.74, 6) is 1.31. The molecule has 118 valence electrons. The first-order valence-corrected chi connectivity index (χ1v) is 7.35. The lowest BCUT2D eigenvalue weighted by Crippen LogP contribution is -2.34. The van der Waals surface area contributed by atoms with Crippen LogP contribution in [0, 0.1) is 6.92 Å². The number of nitrogens with two attached hydrogens (primary N) is 1. The van der Waals surface area contributed by atoms with Crippen molar-refractivity contribution in [1.29, 1.82) is 0 Å². The summed E-state index contributed by atoms with van der Waals surface area (Å²) in [5, 5.41) is 3.00. The predicted molar refractivity (Wildman–Crippen MR) is 86.8 cm³/mol. The molecule has 0 bridgehead atoms. The van der Waals surface area contributed by atoms with Gasteiger partial charge in [0.1, 0.15) is 5.75 Å². The highest BCUT2D eigenvalue weighted by Crippen LogP contribution is 2.23. The Labute approximate surface area is 127 Å². The third-order valence-electron chi connectivity index (χ3n) is 3.16. The second-order valence-corrected chi connectivity index (χ2v) is 5.07. The molecule has 0 aliphatic carbocycles. The molecule has 0 spiro atoms. The van der Waals surface area contributed by atoms with Gasteiger partial charge in [0, 0.05) is 19.2 Å². The number of aryl methyl sites for hydroxylation is 1. The summed E-state index contributed by atoms with van der Waals surface area (Å²) in [4.78, 5) is 4.34. The van der Waals surface area contributed by atoms with E-state index in [-0.39, 0.29) is 6.10 Å². The second-order valence-electron chi connectivity index (χ2n) is 5.07. The van der Waals surface area contributed by atoms with E-state index in [0.29, 0.717) is 25.7 Å². The zero-order valence-corrected chi connectivity index (χ0v) is 13.5. The Bertz CT molecular complexity index is 461. The van der Waals surface area contributed by atoms with Gasteiger partial charge in [0.05, 0.1) is 19.3 Å². The lowest BCUT2D eigenvalue weighted by Gasteiger charge is -2.16. The molecule has 1 atom stereocenters. The molecule has 3 N–H and O–H groups in total. The van der Waals surface area contributed by atoms with Crippen molar-refractivity contribution in [3.8, 4) is 5.75 Å². The molecule has 21 heavy (non-hydrogen) atoms. The molecule has 0 aromatic heterocycles. The van der Waals surface area contributed by atoms with Crippen LogP contribution in [0.3, 0.4) is 0 Å². The van der Waals surface area contributed by atoms with E-state index in [9.17, 15) is 0 Å². The Morgan fingerprint density at radius 2 is 2.19 bits per heavy atom. The molecule has 0 radical (unpaired) electrons. The topological polar surface area (TPSA) is 68.9 Å². The molecule has 0 aliphatic heterocycles. The molecule has 0 heterocycles. The minimum atomic E-state index is 0.187. The number of hydrogen-bond acceptors (Lipinski definition) is 3. The average molecular weight is 293 g/mol. The first-order valence-electron chi connectivity index (χ1n) is 7.35. The van der Waals surface area contributed by atoms with Crippen LogP contribution in [0.5, 0.6) is 5.75 Å². The summed E-state index contributed by atoms with van der Waals surface area (Å²) in [6, 6.07) is 6.15. The molecule has 1 rings (SSSR count). The monoisotopic (exact) mass is 293 g/mol. The van der Waals surface area contributed by atoms with E-state index in [4.69, 9.17) is 15.2 Å². The summed E-state index contributed by atoms with van der Waals surface area (Å²) in [7, 11) is 1.65. The fraction of sp³-hybridized carbons (Fsp3) is 0.562. The van der Waals surface area contributed by atoms with E-state index in [0.717, 1.165) is 17.7 Å². The molecule has 1 unspecified atom stereocenters. The molecule has 1 aromatic carbocycles. The minimum Gasteiger partial charge on any atom is -0.490 e. The van der Waals surface area contributed by atoms with Crippen molar-refractivity contribution in [2.24, 2.45) is 10.7 Å². The van der Waals surface area contributed by atoms with Crippen LogP contribution in [0.1, 0.15) is 31.4 Å². The van der Waals surface area contributed by atoms with Gasteiger partial charge in [0.2, 0.25) is 0 Å². The van der Waals surface area contributed by atoms with Crippen LogP contribution < -0.4 is 15.8 Å². The molecular formula is C16H27N3O2. The minimum absolute atomic E-state index is 0.187. The summed E-state index contributed by atoms with van der Waals surface area (Å²) >= 11 is 0. The van der Waals surface area contributed by atoms with Crippen LogP contribution in [0.25, 0.3) is 0 Å². The Balaban J connectivity index is 2.71. The molecule has 0 aliphatic rings. The molecule has 5 nitrogen and oxygen atoms in total. The van der Waals surface area contributed by atoms with Crippen LogP contribution in [-0.2, 0) is 11.3 Å². The molecule has 1 aromatic rings. The second kappa shape index (κ2) is 9.23. The van der Waals surface area contributed by atoms with Gasteiger partial charge in [-0.25, -0.2) is 4.99 Å². The highest BCUT2D eigenvalue weighted by Gasteiger charge is 2.07. The Hall–Kier alpha value is -1.75. The van der Waals surface area contributed by atoms with Crippen molar-refractivity contribution in [1.82, 2.24) is 5.32 Å². The van der Waals surface area contributed by atoms with E-state index in [2.05, 4.69) is 37.1 Å². The smallest absolute Gasteiger partial charge is 0.189 e. The van der Waals surface area contributed by atoms with Crippen molar-refractivity contribution >= 4 is 5.96 Å². The molecule has 0 fully saturated rings. The average Bonchev–Trinajstić information content (AvgIpc) is 2.46. The van der Waals surface area contributed by atoms with Gasteiger partial charge in [-0.05, 0) is 31.9 Å². The number of ether oxygens (including phenoxy) is 2. The summed E-state index contributed by atoms with van der Waals surface area (Å²) in [6.07, 6.45) is 1.16. The third-order valence-corrected chi connectivity index (χ3v) is 3.16. The lowest BCUT2D eigenvalue weighted by molar-refractivity contribution is 0.204. The van der Waals surface area contributed by atoms with Gasteiger partial charge in [0.25, 0.3) is 0 Å². The van der Waals surface area contributed by atoms with Crippen molar-refractivity contribution in [2.45, 2.75) is 39.8 Å². The normalized spacial score (nSPS) is 13.0. The van der Waals surface area contributed by atoms with Gasteiger partial charge < -0.3 is 20.5 Å². The zero-order valence-electron chi connectivity index (χ0n) is 13.5. The quantitative estimate of drug-likeness (QED) is 0.438. The van der Waals surface area contributed by atoms with E-state index < -0.39 is 0 Å². The van der Waals surface area contributed by atoms with Gasteiger partial charge in [-0.15, -0.1) is 0 Å².